The molecule has 0 radical (unpaired) electrons. The number of fused-ring (bicyclic) bond motifs is 8. The van der Waals surface area contributed by atoms with Gasteiger partial charge in [0.25, 0.3) is 0 Å². The van der Waals surface area contributed by atoms with E-state index < -0.39 is 10.8 Å². The van der Waals surface area contributed by atoms with Gasteiger partial charge in [0.15, 0.2) is 11.6 Å². The SMILES string of the molecule is CCc1c(C)c2cc3nc(cc4[n-]c(cc5nc(cc1[n-]2)C(=O)C5(C)CC)c(C)c4CC)C(C)(CC)C3=O.[Zn+2]. The summed E-state index contributed by atoms with van der Waals surface area (Å²) in [4.78, 5) is 47.0. The molecule has 0 aliphatic carbocycles. The third kappa shape index (κ3) is 4.25. The van der Waals surface area contributed by atoms with Crippen LogP contribution in [0.1, 0.15) is 109 Å². The van der Waals surface area contributed by atoms with Crippen LogP contribution in [0.3, 0.4) is 0 Å². The molecule has 2 unspecified atom stereocenters. The minimum Gasteiger partial charge on any atom is -0.657 e. The average Bonchev–Trinajstić information content (AvgIpc) is 3.52. The number of hydrogen-bond acceptors (Lipinski definition) is 4. The molecule has 2 aliphatic rings. The van der Waals surface area contributed by atoms with Crippen LogP contribution in [-0.4, -0.2) is 21.5 Å². The van der Waals surface area contributed by atoms with Crippen molar-refractivity contribution < 1.29 is 29.1 Å². The van der Waals surface area contributed by atoms with Gasteiger partial charge >= 0.3 is 19.5 Å². The molecule has 0 N–H and O–H groups in total. The molecule has 198 valence electrons. The summed E-state index contributed by atoms with van der Waals surface area (Å²) in [6, 6.07) is 7.59. The van der Waals surface area contributed by atoms with Crippen molar-refractivity contribution in [2.45, 2.75) is 91.9 Å². The van der Waals surface area contributed by atoms with Gasteiger partial charge in [-0.2, -0.15) is 0 Å². The minimum absolute atomic E-state index is 0. The van der Waals surface area contributed by atoms with Crippen LogP contribution < -0.4 is 9.97 Å². The summed E-state index contributed by atoms with van der Waals surface area (Å²) in [5, 5.41) is 0. The summed E-state index contributed by atoms with van der Waals surface area (Å²) >= 11 is 0. The van der Waals surface area contributed by atoms with Crippen LogP contribution in [0.25, 0.3) is 22.1 Å². The van der Waals surface area contributed by atoms with Gasteiger partial charge in [-0.15, -0.1) is 22.1 Å². The fourth-order valence-electron chi connectivity index (χ4n) is 5.85. The van der Waals surface area contributed by atoms with Gasteiger partial charge < -0.3 is 9.97 Å². The van der Waals surface area contributed by atoms with Gasteiger partial charge in [0, 0.05) is 0 Å². The van der Waals surface area contributed by atoms with Gasteiger partial charge in [-0.3, -0.25) is 9.59 Å². The van der Waals surface area contributed by atoms with Crippen LogP contribution in [0, 0.1) is 13.8 Å². The minimum atomic E-state index is -0.726. The van der Waals surface area contributed by atoms with Gasteiger partial charge in [0.2, 0.25) is 0 Å². The summed E-state index contributed by atoms with van der Waals surface area (Å²) in [7, 11) is 0. The summed E-state index contributed by atoms with van der Waals surface area (Å²) in [5.74, 6) is 0.00549. The Bertz CT molecular complexity index is 1660. The Morgan fingerprint density at radius 3 is 1.41 bits per heavy atom. The Labute approximate surface area is 243 Å². The Morgan fingerprint density at radius 2 is 1.00 bits per heavy atom. The number of aryl methyl sites for hydroxylation is 4. The van der Waals surface area contributed by atoms with E-state index >= 15 is 0 Å². The predicted molar refractivity (Wildman–Crippen MR) is 151 cm³/mol. The van der Waals surface area contributed by atoms with Gasteiger partial charge in [0.1, 0.15) is 11.4 Å². The molecular weight excluding hydrogens is 538 g/mol. The first kappa shape index (κ1) is 29.1. The standard InChI is InChI=1S/C32H37N4O2.Zn/c1-9-19-17(5)21-13-25-29(37)32(8,12-4)28(35-25)16-24-20(10-2)18(6)22(34-24)15-27-31(7,11-3)30(38)26(36-27)14-23(19)33-21;/h13-16H,9-12H2,1-8H3,(H-,33,34,35,36,37,38);/q-1;+2/p-1. The maximum Gasteiger partial charge on any atom is 2.00 e. The number of Topliss-reactive ketones (excluding diaryl/α,β-unsaturated/α-hetero) is 2. The molecule has 5 heterocycles. The Morgan fingerprint density at radius 1 is 0.641 bits per heavy atom. The van der Waals surface area contributed by atoms with E-state index in [9.17, 15) is 9.59 Å². The van der Waals surface area contributed by atoms with E-state index in [-0.39, 0.29) is 31.0 Å². The maximum atomic E-state index is 13.7. The van der Waals surface area contributed by atoms with Gasteiger partial charge in [-0.25, -0.2) is 9.97 Å². The summed E-state index contributed by atoms with van der Waals surface area (Å²) in [5.41, 5.74) is 8.17. The number of nitrogens with zero attached hydrogens (tertiary/aromatic N) is 4. The molecule has 39 heavy (non-hydrogen) atoms. The summed E-state index contributed by atoms with van der Waals surface area (Å²) < 4.78 is 0. The van der Waals surface area contributed by atoms with Crippen molar-refractivity contribution in [1.82, 2.24) is 19.9 Å². The number of hydrogen-bond donors (Lipinski definition) is 0. The monoisotopic (exact) mass is 572 g/mol. The fraction of sp³-hybridized carbons (Fsp3) is 0.438. The van der Waals surface area contributed by atoms with Crippen LogP contribution in [0.15, 0.2) is 24.3 Å². The molecule has 5 rings (SSSR count). The molecule has 0 spiro atoms. The molecule has 0 amide bonds. The van der Waals surface area contributed by atoms with Gasteiger partial charge in [0.05, 0.1) is 22.2 Å². The van der Waals surface area contributed by atoms with E-state index in [2.05, 4.69) is 20.8 Å². The van der Waals surface area contributed by atoms with E-state index in [1.807, 2.05) is 58.9 Å². The van der Waals surface area contributed by atoms with Crippen molar-refractivity contribution in [2.24, 2.45) is 0 Å². The molecule has 6 nitrogen and oxygen atoms in total. The molecule has 0 saturated heterocycles. The molecular formula is C32H36N4O2Zn. The second-order valence-electron chi connectivity index (χ2n) is 11.1. The second-order valence-corrected chi connectivity index (χ2v) is 11.1. The third-order valence-corrected chi connectivity index (χ3v) is 9.07. The Hall–Kier alpha value is -2.92. The average molecular weight is 574 g/mol. The van der Waals surface area contributed by atoms with Crippen molar-refractivity contribution >= 4 is 33.6 Å². The smallest absolute Gasteiger partial charge is 0.657 e. The quantitative estimate of drug-likeness (QED) is 0.335. The summed E-state index contributed by atoms with van der Waals surface area (Å²) in [6.07, 6.45) is 2.82. The van der Waals surface area contributed by atoms with Crippen molar-refractivity contribution in [2.75, 3.05) is 0 Å². The van der Waals surface area contributed by atoms with Crippen LogP contribution in [0.4, 0.5) is 0 Å². The molecule has 0 fully saturated rings. The summed E-state index contributed by atoms with van der Waals surface area (Å²) in [6.45, 7) is 16.3. The van der Waals surface area contributed by atoms with Crippen LogP contribution in [0.5, 0.6) is 0 Å². The van der Waals surface area contributed by atoms with Gasteiger partial charge in [-0.05, 0) is 65.5 Å². The topological polar surface area (TPSA) is 88.1 Å². The third-order valence-electron chi connectivity index (χ3n) is 9.07. The van der Waals surface area contributed by atoms with E-state index in [4.69, 9.17) is 19.9 Å². The molecule has 2 aliphatic heterocycles. The van der Waals surface area contributed by atoms with Crippen molar-refractivity contribution in [3.63, 3.8) is 0 Å². The molecule has 7 heteroatoms. The van der Waals surface area contributed by atoms with Crippen molar-refractivity contribution in [3.05, 3.63) is 69.3 Å². The zero-order valence-electron chi connectivity index (χ0n) is 24.5. The van der Waals surface area contributed by atoms with Crippen LogP contribution in [-0.2, 0) is 43.1 Å². The van der Waals surface area contributed by atoms with E-state index in [1.54, 1.807) is 0 Å². The normalized spacial score (nSPS) is 20.8. The van der Waals surface area contributed by atoms with Crippen LogP contribution >= 0.6 is 0 Å². The fourth-order valence-corrected chi connectivity index (χ4v) is 5.85. The molecule has 3 aromatic heterocycles. The first-order valence-corrected chi connectivity index (χ1v) is 13.7. The van der Waals surface area contributed by atoms with Gasteiger partial charge in [-0.1, -0.05) is 62.1 Å². The van der Waals surface area contributed by atoms with E-state index in [0.29, 0.717) is 29.7 Å². The largest absolute Gasteiger partial charge is 2.00 e. The maximum absolute atomic E-state index is 13.7. The molecule has 0 saturated carbocycles. The number of carbonyl (C=O) groups is 2. The predicted octanol–water partition coefficient (Wildman–Crippen LogP) is 6.41. The second kappa shape index (κ2) is 10.2. The number of ketones is 2. The molecule has 3 aromatic rings. The number of rotatable bonds is 4. The Kier molecular flexibility index (Phi) is 7.64. The Balaban J connectivity index is 0.00000353. The van der Waals surface area contributed by atoms with Crippen molar-refractivity contribution in [3.8, 4) is 0 Å². The first-order valence-electron chi connectivity index (χ1n) is 13.7. The van der Waals surface area contributed by atoms with Crippen LogP contribution in [0.2, 0.25) is 0 Å². The zero-order chi connectivity index (χ0) is 27.6. The number of aromatic nitrogens is 4. The van der Waals surface area contributed by atoms with E-state index in [1.165, 1.54) is 0 Å². The molecule has 0 aromatic carbocycles. The molecule has 2 atom stereocenters. The zero-order valence-corrected chi connectivity index (χ0v) is 27.4. The molecule has 8 bridgehead atoms. The number of carbonyl (C=O) groups excluding carboxylic acids is 2. The van der Waals surface area contributed by atoms with E-state index in [0.717, 1.165) is 63.0 Å². The van der Waals surface area contributed by atoms with Crippen molar-refractivity contribution in [1.29, 1.82) is 0 Å². The first-order chi connectivity index (χ1) is 18.0.